The smallest absolute Gasteiger partial charge is 0.330 e. The number of anilines is 2. The van der Waals surface area contributed by atoms with Crippen LogP contribution in [0.4, 0.5) is 16.2 Å². The van der Waals surface area contributed by atoms with Crippen LogP contribution >= 0.6 is 0 Å². The fourth-order valence-electron chi connectivity index (χ4n) is 4.75. The first kappa shape index (κ1) is 22.1. The number of amides is 2. The predicted octanol–water partition coefficient (Wildman–Crippen LogP) is 5.24. The minimum atomic E-state index is -0.865. The number of nitrogens with zero attached hydrogens (tertiary/aromatic N) is 3. The number of hydrogen-bond donors (Lipinski definition) is 0. The lowest BCUT2D eigenvalue weighted by Gasteiger charge is -2.41. The topological polar surface area (TPSA) is 73.6 Å². The van der Waals surface area contributed by atoms with Crippen molar-refractivity contribution in [3.63, 3.8) is 0 Å². The third-order valence-corrected chi connectivity index (χ3v) is 6.38. The van der Waals surface area contributed by atoms with E-state index in [-0.39, 0.29) is 24.5 Å². The highest BCUT2D eigenvalue weighted by molar-refractivity contribution is 6.08. The summed E-state index contributed by atoms with van der Waals surface area (Å²) in [5, 5.41) is 9.30. The number of methoxy groups -OCH3 is 1. The van der Waals surface area contributed by atoms with Gasteiger partial charge in [-0.25, -0.2) is 4.79 Å². The van der Waals surface area contributed by atoms with E-state index in [9.17, 15) is 14.9 Å². The van der Waals surface area contributed by atoms with Gasteiger partial charge >= 0.3 is 12.0 Å². The lowest BCUT2D eigenvalue weighted by atomic mass is 9.78. The van der Waals surface area contributed by atoms with E-state index >= 15 is 0 Å². The second kappa shape index (κ2) is 9.17. The molecular weight excluding hydrogens is 414 g/mol. The van der Waals surface area contributed by atoms with E-state index in [1.807, 2.05) is 79.7 Å². The van der Waals surface area contributed by atoms with Crippen molar-refractivity contribution in [3.8, 4) is 6.07 Å². The summed E-state index contributed by atoms with van der Waals surface area (Å²) in [7, 11) is 1.37. The molecule has 6 nitrogen and oxygen atoms in total. The van der Waals surface area contributed by atoms with Crippen LogP contribution in [0, 0.1) is 11.3 Å². The molecule has 0 bridgehead atoms. The third-order valence-electron chi connectivity index (χ3n) is 6.38. The number of nitriles is 1. The van der Waals surface area contributed by atoms with Gasteiger partial charge in [-0.15, -0.1) is 0 Å². The first-order valence-electron chi connectivity index (χ1n) is 10.8. The quantitative estimate of drug-likeness (QED) is 0.492. The Kier molecular flexibility index (Phi) is 6.14. The largest absolute Gasteiger partial charge is 0.469 e. The highest BCUT2D eigenvalue weighted by Gasteiger charge is 2.57. The Labute approximate surface area is 193 Å². The van der Waals surface area contributed by atoms with Crippen molar-refractivity contribution < 1.29 is 14.3 Å². The molecule has 0 saturated carbocycles. The number of ether oxygens (including phenoxy) is 1. The molecule has 0 radical (unpaired) electrons. The molecule has 2 unspecified atom stereocenters. The van der Waals surface area contributed by atoms with Crippen molar-refractivity contribution in [1.29, 1.82) is 5.26 Å². The van der Waals surface area contributed by atoms with Crippen LogP contribution < -0.4 is 9.80 Å². The van der Waals surface area contributed by atoms with Crippen LogP contribution in [0.1, 0.15) is 30.9 Å². The highest BCUT2D eigenvalue weighted by atomic mass is 16.5. The summed E-state index contributed by atoms with van der Waals surface area (Å²) in [5.41, 5.74) is 2.04. The van der Waals surface area contributed by atoms with Gasteiger partial charge in [-0.05, 0) is 55.3 Å². The maximum absolute atomic E-state index is 14.0. The minimum Gasteiger partial charge on any atom is -0.469 e. The van der Waals surface area contributed by atoms with E-state index in [1.54, 1.807) is 21.9 Å². The summed E-state index contributed by atoms with van der Waals surface area (Å²) in [6.07, 6.45) is 0.497. The van der Waals surface area contributed by atoms with Gasteiger partial charge in [-0.1, -0.05) is 48.5 Å². The van der Waals surface area contributed by atoms with Crippen LogP contribution in [0.3, 0.4) is 0 Å². The molecule has 4 rings (SSSR count). The molecule has 6 heteroatoms. The van der Waals surface area contributed by atoms with E-state index in [1.165, 1.54) is 7.11 Å². The number of carbonyl (C=O) groups excluding carboxylic acids is 2. The van der Waals surface area contributed by atoms with Gasteiger partial charge in [0.1, 0.15) is 0 Å². The Morgan fingerprint density at radius 1 is 0.970 bits per heavy atom. The Hall–Kier alpha value is -4.11. The number of benzene rings is 3. The summed E-state index contributed by atoms with van der Waals surface area (Å²) < 4.78 is 4.94. The molecule has 0 aliphatic carbocycles. The van der Waals surface area contributed by atoms with Gasteiger partial charge in [0.25, 0.3) is 0 Å². The number of esters is 1. The summed E-state index contributed by atoms with van der Waals surface area (Å²) in [6, 6.07) is 27.9. The number of hydrogen-bond acceptors (Lipinski definition) is 4. The van der Waals surface area contributed by atoms with Crippen LogP contribution in [0.15, 0.2) is 84.9 Å². The van der Waals surface area contributed by atoms with Crippen molar-refractivity contribution in [2.24, 2.45) is 0 Å². The molecule has 166 valence electrons. The Morgan fingerprint density at radius 3 is 2.09 bits per heavy atom. The number of carbonyl (C=O) groups is 2. The fraction of sp³-hybridized carbons (Fsp3) is 0.222. The molecule has 0 N–H and O–H groups in total. The van der Waals surface area contributed by atoms with Crippen LogP contribution in [-0.2, 0) is 15.1 Å². The average Bonchev–Trinajstić information content (AvgIpc) is 3.10. The standard InChI is InChI=1S/C27H25N3O3/c1-20-27(18-17-25(31)33-2,22-15-13-21(19-28)14-16-22)30(24-11-7-4-8-12-24)26(32)29(20)23-9-5-3-6-10-23/h3-16,20H,17-18H2,1-2H3. The summed E-state index contributed by atoms with van der Waals surface area (Å²) >= 11 is 0. The summed E-state index contributed by atoms with van der Waals surface area (Å²) in [5.74, 6) is -0.339. The Morgan fingerprint density at radius 2 is 1.55 bits per heavy atom. The van der Waals surface area contributed by atoms with Crippen LogP contribution in [0.2, 0.25) is 0 Å². The maximum atomic E-state index is 14.0. The van der Waals surface area contributed by atoms with E-state index < -0.39 is 5.54 Å². The molecule has 1 aliphatic rings. The first-order valence-corrected chi connectivity index (χ1v) is 10.8. The van der Waals surface area contributed by atoms with Crippen molar-refractivity contribution in [2.45, 2.75) is 31.3 Å². The van der Waals surface area contributed by atoms with E-state index in [4.69, 9.17) is 4.74 Å². The lowest BCUT2D eigenvalue weighted by molar-refractivity contribution is -0.141. The fourth-order valence-corrected chi connectivity index (χ4v) is 4.75. The van der Waals surface area contributed by atoms with Crippen molar-refractivity contribution >= 4 is 23.4 Å². The minimum absolute atomic E-state index is 0.139. The molecule has 2 amide bonds. The molecule has 1 saturated heterocycles. The molecule has 1 fully saturated rings. The van der Waals surface area contributed by atoms with E-state index in [0.717, 1.165) is 16.9 Å². The molecule has 1 heterocycles. The van der Waals surface area contributed by atoms with Gasteiger partial charge in [-0.3, -0.25) is 14.6 Å². The average molecular weight is 440 g/mol. The maximum Gasteiger partial charge on any atom is 0.330 e. The zero-order valence-corrected chi connectivity index (χ0v) is 18.6. The van der Waals surface area contributed by atoms with Gasteiger partial charge in [0.15, 0.2) is 0 Å². The molecule has 33 heavy (non-hydrogen) atoms. The second-order valence-corrected chi connectivity index (χ2v) is 8.02. The molecule has 0 spiro atoms. The Bertz CT molecular complexity index is 1170. The number of urea groups is 1. The van der Waals surface area contributed by atoms with Gasteiger partial charge in [-0.2, -0.15) is 5.26 Å². The molecule has 0 aromatic heterocycles. The normalized spacial score (nSPS) is 19.9. The molecule has 2 atom stereocenters. The first-order chi connectivity index (χ1) is 16.0. The van der Waals surface area contributed by atoms with E-state index in [2.05, 4.69) is 6.07 Å². The lowest BCUT2D eigenvalue weighted by Crippen LogP contribution is -2.49. The number of rotatable bonds is 6. The molecular formula is C27H25N3O3. The predicted molar refractivity (Wildman–Crippen MR) is 127 cm³/mol. The van der Waals surface area contributed by atoms with E-state index in [0.29, 0.717) is 12.0 Å². The molecule has 3 aromatic rings. The highest BCUT2D eigenvalue weighted by Crippen LogP contribution is 2.48. The van der Waals surface area contributed by atoms with Crippen molar-refractivity contribution in [3.05, 3.63) is 96.1 Å². The number of para-hydroxylation sites is 2. The molecule has 1 aliphatic heterocycles. The van der Waals surface area contributed by atoms with Gasteiger partial charge in [0.05, 0.1) is 30.3 Å². The van der Waals surface area contributed by atoms with Crippen molar-refractivity contribution in [2.75, 3.05) is 16.9 Å². The molecule has 3 aromatic carbocycles. The van der Waals surface area contributed by atoms with Crippen LogP contribution in [0.25, 0.3) is 0 Å². The van der Waals surface area contributed by atoms with Gasteiger partial charge < -0.3 is 4.74 Å². The zero-order chi connectivity index (χ0) is 23.4. The van der Waals surface area contributed by atoms with Crippen LogP contribution in [-0.4, -0.2) is 25.2 Å². The zero-order valence-electron chi connectivity index (χ0n) is 18.6. The summed E-state index contributed by atoms with van der Waals surface area (Å²) in [4.78, 5) is 29.8. The summed E-state index contributed by atoms with van der Waals surface area (Å²) in [6.45, 7) is 2.00. The van der Waals surface area contributed by atoms with Gasteiger partial charge in [0, 0.05) is 17.8 Å². The van der Waals surface area contributed by atoms with Gasteiger partial charge in [0.2, 0.25) is 0 Å². The SMILES string of the molecule is COC(=O)CCC1(c2ccc(C#N)cc2)C(C)N(c2ccccc2)C(=O)N1c1ccccc1. The monoisotopic (exact) mass is 439 g/mol. The van der Waals surface area contributed by atoms with Crippen LogP contribution in [0.5, 0.6) is 0 Å². The van der Waals surface area contributed by atoms with Crippen molar-refractivity contribution in [1.82, 2.24) is 0 Å². The Balaban J connectivity index is 1.95. The second-order valence-electron chi connectivity index (χ2n) is 8.02. The third kappa shape index (κ3) is 3.83.